The monoisotopic (exact) mass is 582 g/mol. The molecule has 1 unspecified atom stereocenters. The van der Waals surface area contributed by atoms with Crippen LogP contribution in [0, 0.1) is 0 Å². The summed E-state index contributed by atoms with van der Waals surface area (Å²) in [5, 5.41) is 0. The van der Waals surface area contributed by atoms with Gasteiger partial charge in [0.05, 0.1) is 58.0 Å². The normalized spacial score (nSPS) is 14.6. The summed E-state index contributed by atoms with van der Waals surface area (Å²) in [7, 11) is 7.13. The Bertz CT molecular complexity index is 1720. The Kier molecular flexibility index (Phi) is 8.82. The average molecular weight is 583 g/mol. The molecular weight excluding hydrogens is 552 g/mol. The van der Waals surface area contributed by atoms with Crippen molar-refractivity contribution < 1.29 is 38.0 Å². The van der Waals surface area contributed by atoms with E-state index in [0.29, 0.717) is 38.9 Å². The molecule has 2 aromatic carbocycles. The van der Waals surface area contributed by atoms with Crippen molar-refractivity contribution in [2.45, 2.75) is 19.9 Å². The van der Waals surface area contributed by atoms with Crippen LogP contribution < -0.4 is 33.8 Å². The van der Waals surface area contributed by atoms with Crippen molar-refractivity contribution in [2.75, 3.05) is 42.2 Å². The van der Waals surface area contributed by atoms with Crippen molar-refractivity contribution in [3.05, 3.63) is 78.0 Å². The van der Waals surface area contributed by atoms with Crippen molar-refractivity contribution in [1.29, 1.82) is 0 Å². The first-order valence-corrected chi connectivity index (χ1v) is 13.3. The second-order valence-electron chi connectivity index (χ2n) is 8.67. The van der Waals surface area contributed by atoms with Crippen LogP contribution in [0.1, 0.15) is 41.4 Å². The van der Waals surface area contributed by atoms with Crippen LogP contribution in [0.15, 0.2) is 51.4 Å². The van der Waals surface area contributed by atoms with E-state index in [4.69, 9.17) is 28.4 Å². The van der Waals surface area contributed by atoms with Crippen LogP contribution in [0.2, 0.25) is 0 Å². The first kappa shape index (κ1) is 29.4. The standard InChI is InChI=1S/C29H30N2O9S/c1-8-40-28(34)22-15(2)30-29-31(24(22)18-11-10-17(35-3)14-20(18)37-5)26(32)21(41-29)13-16-9-12-19(36-4)25(38-6)23(16)27(33)39-7/h9-14,24H,8H2,1-7H3/b21-13-. The minimum Gasteiger partial charge on any atom is -0.497 e. The largest absolute Gasteiger partial charge is 0.497 e. The van der Waals surface area contributed by atoms with E-state index in [2.05, 4.69) is 4.99 Å². The van der Waals surface area contributed by atoms with Gasteiger partial charge in [0.1, 0.15) is 23.1 Å². The van der Waals surface area contributed by atoms with E-state index in [1.54, 1.807) is 50.3 Å². The van der Waals surface area contributed by atoms with E-state index in [1.807, 2.05) is 0 Å². The Morgan fingerprint density at radius 3 is 2.32 bits per heavy atom. The highest BCUT2D eigenvalue weighted by atomic mass is 32.1. The Labute approximate surface area is 239 Å². The summed E-state index contributed by atoms with van der Waals surface area (Å²) in [4.78, 5) is 45.0. The highest BCUT2D eigenvalue weighted by Crippen LogP contribution is 2.38. The molecule has 1 atom stereocenters. The third-order valence-electron chi connectivity index (χ3n) is 6.51. The molecule has 1 aliphatic rings. The highest BCUT2D eigenvalue weighted by Gasteiger charge is 2.35. The molecule has 0 fully saturated rings. The molecule has 0 radical (unpaired) electrons. The first-order chi connectivity index (χ1) is 19.7. The van der Waals surface area contributed by atoms with E-state index in [0.717, 1.165) is 11.3 Å². The van der Waals surface area contributed by atoms with E-state index >= 15 is 0 Å². The Morgan fingerprint density at radius 2 is 1.71 bits per heavy atom. The number of esters is 2. The lowest BCUT2D eigenvalue weighted by Gasteiger charge is -2.26. The lowest BCUT2D eigenvalue weighted by atomic mass is 9.95. The molecule has 3 aromatic rings. The molecule has 0 saturated heterocycles. The molecule has 0 aliphatic carbocycles. The molecular formula is C29H30N2O9S. The molecule has 0 saturated carbocycles. The molecule has 0 spiro atoms. The third-order valence-corrected chi connectivity index (χ3v) is 7.49. The number of fused-ring (bicyclic) bond motifs is 1. The number of allylic oxidation sites excluding steroid dienone is 1. The molecule has 12 heteroatoms. The molecule has 0 N–H and O–H groups in total. The molecule has 2 heterocycles. The third kappa shape index (κ3) is 5.30. The van der Waals surface area contributed by atoms with Gasteiger partial charge in [-0.1, -0.05) is 17.4 Å². The van der Waals surface area contributed by atoms with Gasteiger partial charge in [0, 0.05) is 11.6 Å². The van der Waals surface area contributed by atoms with Crippen LogP contribution in [0.4, 0.5) is 0 Å². The number of ether oxygens (including phenoxy) is 6. The number of aromatic nitrogens is 1. The zero-order chi connectivity index (χ0) is 29.8. The van der Waals surface area contributed by atoms with Gasteiger partial charge in [-0.3, -0.25) is 9.36 Å². The van der Waals surface area contributed by atoms with Gasteiger partial charge in [-0.2, -0.15) is 0 Å². The molecule has 0 bridgehead atoms. The smallest absolute Gasteiger partial charge is 0.342 e. The van der Waals surface area contributed by atoms with Crippen LogP contribution in [-0.2, 0) is 14.3 Å². The number of rotatable bonds is 9. The predicted molar refractivity (Wildman–Crippen MR) is 151 cm³/mol. The Hall–Kier alpha value is -4.58. The number of hydrogen-bond acceptors (Lipinski definition) is 11. The molecule has 11 nitrogen and oxygen atoms in total. The van der Waals surface area contributed by atoms with Crippen LogP contribution in [0.3, 0.4) is 0 Å². The zero-order valence-corrected chi connectivity index (χ0v) is 24.5. The Balaban J connectivity index is 2.03. The van der Waals surface area contributed by atoms with Gasteiger partial charge in [-0.05, 0) is 43.7 Å². The van der Waals surface area contributed by atoms with Gasteiger partial charge in [-0.25, -0.2) is 14.6 Å². The summed E-state index contributed by atoms with van der Waals surface area (Å²) >= 11 is 1.11. The fraction of sp³-hybridized carbons (Fsp3) is 0.310. The average Bonchev–Trinajstić information content (AvgIpc) is 3.29. The summed E-state index contributed by atoms with van der Waals surface area (Å²) in [5.41, 5.74) is 1.18. The molecule has 1 aromatic heterocycles. The highest BCUT2D eigenvalue weighted by molar-refractivity contribution is 7.07. The van der Waals surface area contributed by atoms with Crippen molar-refractivity contribution >= 4 is 29.4 Å². The van der Waals surface area contributed by atoms with Crippen LogP contribution in [0.25, 0.3) is 6.08 Å². The fourth-order valence-electron chi connectivity index (χ4n) is 4.65. The first-order valence-electron chi connectivity index (χ1n) is 12.5. The summed E-state index contributed by atoms with van der Waals surface area (Å²) in [6.45, 7) is 3.53. The number of nitrogens with zero attached hydrogens (tertiary/aromatic N) is 2. The number of carbonyl (C=O) groups is 2. The number of methoxy groups -OCH3 is 5. The Morgan fingerprint density at radius 1 is 0.976 bits per heavy atom. The van der Waals surface area contributed by atoms with E-state index in [1.165, 1.54) is 40.1 Å². The van der Waals surface area contributed by atoms with E-state index in [-0.39, 0.29) is 28.0 Å². The lowest BCUT2D eigenvalue weighted by Crippen LogP contribution is -2.40. The number of thiazole rings is 1. The van der Waals surface area contributed by atoms with Crippen molar-refractivity contribution in [3.63, 3.8) is 0 Å². The molecule has 1 aliphatic heterocycles. The van der Waals surface area contributed by atoms with Crippen LogP contribution in [-0.4, -0.2) is 58.7 Å². The number of benzene rings is 2. The lowest BCUT2D eigenvalue weighted by molar-refractivity contribution is -0.139. The summed E-state index contributed by atoms with van der Waals surface area (Å²) in [6.07, 6.45) is 1.56. The predicted octanol–water partition coefficient (Wildman–Crippen LogP) is 2.62. The minimum atomic E-state index is -0.904. The summed E-state index contributed by atoms with van der Waals surface area (Å²) < 4.78 is 33.8. The van der Waals surface area contributed by atoms with Crippen molar-refractivity contribution in [3.8, 4) is 23.0 Å². The van der Waals surface area contributed by atoms with Gasteiger partial charge in [0.15, 0.2) is 16.3 Å². The van der Waals surface area contributed by atoms with Crippen LogP contribution >= 0.6 is 11.3 Å². The molecule has 41 heavy (non-hydrogen) atoms. The fourth-order valence-corrected chi connectivity index (χ4v) is 5.68. The number of carbonyl (C=O) groups excluding carboxylic acids is 2. The summed E-state index contributed by atoms with van der Waals surface area (Å²) in [6, 6.07) is 7.49. The van der Waals surface area contributed by atoms with Crippen LogP contribution in [0.5, 0.6) is 23.0 Å². The van der Waals surface area contributed by atoms with Crippen molar-refractivity contribution in [2.24, 2.45) is 4.99 Å². The van der Waals surface area contributed by atoms with Crippen molar-refractivity contribution in [1.82, 2.24) is 4.57 Å². The summed E-state index contributed by atoms with van der Waals surface area (Å²) in [5.74, 6) is 0.184. The maximum absolute atomic E-state index is 14.1. The van der Waals surface area contributed by atoms with E-state index in [9.17, 15) is 14.4 Å². The van der Waals surface area contributed by atoms with Gasteiger partial charge in [0.25, 0.3) is 5.56 Å². The van der Waals surface area contributed by atoms with Gasteiger partial charge in [-0.15, -0.1) is 0 Å². The maximum atomic E-state index is 14.1. The van der Waals surface area contributed by atoms with Gasteiger partial charge in [0.2, 0.25) is 0 Å². The SMILES string of the molecule is CCOC(=O)C1=C(C)N=c2s/c(=C\c3ccc(OC)c(OC)c3C(=O)OC)c(=O)n2C1c1ccc(OC)cc1OC. The quantitative estimate of drug-likeness (QED) is 0.350. The molecule has 4 rings (SSSR count). The zero-order valence-electron chi connectivity index (χ0n) is 23.7. The minimum absolute atomic E-state index is 0.0944. The molecule has 0 amide bonds. The van der Waals surface area contributed by atoms with Gasteiger partial charge >= 0.3 is 11.9 Å². The maximum Gasteiger partial charge on any atom is 0.342 e. The second-order valence-corrected chi connectivity index (χ2v) is 9.68. The van der Waals surface area contributed by atoms with E-state index < -0.39 is 23.5 Å². The number of hydrogen-bond donors (Lipinski definition) is 0. The second kappa shape index (κ2) is 12.3. The molecule has 216 valence electrons. The van der Waals surface area contributed by atoms with Gasteiger partial charge < -0.3 is 28.4 Å². The topological polar surface area (TPSA) is 124 Å².